The zero-order valence-corrected chi connectivity index (χ0v) is 14.3. The van der Waals surface area contributed by atoms with Gasteiger partial charge in [0.15, 0.2) is 18.1 Å². The molecule has 0 heterocycles. The number of nitrogens with zero attached hydrogens (tertiary/aromatic N) is 2. The molecular formula is C19H19FN2O3. The summed E-state index contributed by atoms with van der Waals surface area (Å²) < 4.78 is 24.5. The second-order valence-electron chi connectivity index (χ2n) is 5.47. The average molecular weight is 342 g/mol. The molecule has 130 valence electrons. The van der Waals surface area contributed by atoms with E-state index in [1.165, 1.54) is 24.1 Å². The van der Waals surface area contributed by atoms with Gasteiger partial charge in [0.05, 0.1) is 24.8 Å². The van der Waals surface area contributed by atoms with E-state index in [4.69, 9.17) is 14.7 Å². The molecule has 2 aromatic carbocycles. The monoisotopic (exact) mass is 342 g/mol. The van der Waals surface area contributed by atoms with E-state index in [9.17, 15) is 9.18 Å². The zero-order valence-electron chi connectivity index (χ0n) is 14.3. The van der Waals surface area contributed by atoms with Gasteiger partial charge < -0.3 is 14.4 Å². The fourth-order valence-corrected chi connectivity index (χ4v) is 2.34. The molecule has 0 aliphatic carbocycles. The van der Waals surface area contributed by atoms with Gasteiger partial charge in [-0.25, -0.2) is 4.39 Å². The molecule has 5 nitrogen and oxygen atoms in total. The lowest BCUT2D eigenvalue weighted by Crippen LogP contribution is -2.34. The van der Waals surface area contributed by atoms with Crippen LogP contribution in [0.4, 0.5) is 4.39 Å². The van der Waals surface area contributed by atoms with Crippen molar-refractivity contribution in [2.24, 2.45) is 0 Å². The SMILES string of the molecule is COc1cc(C#N)ccc1OCC(=O)N(C)C(C)c1ccccc1F. The van der Waals surface area contributed by atoms with E-state index in [2.05, 4.69) is 0 Å². The van der Waals surface area contributed by atoms with Crippen LogP contribution in [0.1, 0.15) is 24.1 Å². The van der Waals surface area contributed by atoms with Crippen LogP contribution >= 0.6 is 0 Å². The van der Waals surface area contributed by atoms with E-state index in [-0.39, 0.29) is 18.3 Å². The first kappa shape index (κ1) is 18.3. The van der Waals surface area contributed by atoms with E-state index in [1.54, 1.807) is 44.3 Å². The quantitative estimate of drug-likeness (QED) is 0.808. The Bertz CT molecular complexity index is 801. The van der Waals surface area contributed by atoms with Crippen LogP contribution in [0, 0.1) is 17.1 Å². The number of amides is 1. The number of nitriles is 1. The first-order chi connectivity index (χ1) is 12.0. The summed E-state index contributed by atoms with van der Waals surface area (Å²) in [6.45, 7) is 1.52. The summed E-state index contributed by atoms with van der Waals surface area (Å²) in [5.74, 6) is 0.0740. The molecule has 2 aromatic rings. The van der Waals surface area contributed by atoms with Gasteiger partial charge in [0, 0.05) is 18.7 Å². The molecule has 0 saturated carbocycles. The van der Waals surface area contributed by atoms with Crippen molar-refractivity contribution in [3.63, 3.8) is 0 Å². The maximum atomic E-state index is 13.9. The predicted octanol–water partition coefficient (Wildman–Crippen LogP) is 3.30. The smallest absolute Gasteiger partial charge is 0.260 e. The molecule has 0 saturated heterocycles. The molecule has 1 atom stereocenters. The maximum absolute atomic E-state index is 13.9. The molecule has 0 aromatic heterocycles. The van der Waals surface area contributed by atoms with Gasteiger partial charge in [0.1, 0.15) is 5.82 Å². The van der Waals surface area contributed by atoms with Crippen LogP contribution in [0.5, 0.6) is 11.5 Å². The van der Waals surface area contributed by atoms with Gasteiger partial charge in [-0.2, -0.15) is 5.26 Å². The number of carbonyl (C=O) groups excluding carboxylic acids is 1. The predicted molar refractivity (Wildman–Crippen MR) is 90.8 cm³/mol. The lowest BCUT2D eigenvalue weighted by atomic mass is 10.1. The third-order valence-corrected chi connectivity index (χ3v) is 3.97. The lowest BCUT2D eigenvalue weighted by Gasteiger charge is -2.25. The van der Waals surface area contributed by atoms with E-state index in [1.807, 2.05) is 6.07 Å². The zero-order chi connectivity index (χ0) is 18.4. The van der Waals surface area contributed by atoms with Crippen LogP contribution < -0.4 is 9.47 Å². The average Bonchev–Trinajstić information content (AvgIpc) is 2.65. The minimum Gasteiger partial charge on any atom is -0.493 e. The molecule has 2 rings (SSSR count). The highest BCUT2D eigenvalue weighted by Gasteiger charge is 2.20. The molecule has 0 aliphatic heterocycles. The van der Waals surface area contributed by atoms with Crippen LogP contribution in [0.25, 0.3) is 0 Å². The molecule has 0 spiro atoms. The highest BCUT2D eigenvalue weighted by Crippen LogP contribution is 2.28. The normalized spacial score (nSPS) is 11.3. The summed E-state index contributed by atoms with van der Waals surface area (Å²) in [6.07, 6.45) is 0. The van der Waals surface area contributed by atoms with Crippen molar-refractivity contribution >= 4 is 5.91 Å². The van der Waals surface area contributed by atoms with Crippen LogP contribution in [0.15, 0.2) is 42.5 Å². The summed E-state index contributed by atoms with van der Waals surface area (Å²) in [4.78, 5) is 13.8. The molecule has 25 heavy (non-hydrogen) atoms. The third-order valence-electron chi connectivity index (χ3n) is 3.97. The number of carbonyl (C=O) groups is 1. The standard InChI is InChI=1S/C19H19FN2O3/c1-13(15-6-4-5-7-16(15)20)22(2)19(23)12-25-17-9-8-14(11-21)10-18(17)24-3/h4-10,13H,12H2,1-3H3. The van der Waals surface area contributed by atoms with Crippen molar-refractivity contribution in [3.05, 3.63) is 59.4 Å². The van der Waals surface area contributed by atoms with Gasteiger partial charge >= 0.3 is 0 Å². The Labute approximate surface area is 146 Å². The van der Waals surface area contributed by atoms with Crippen molar-refractivity contribution in [2.75, 3.05) is 20.8 Å². The van der Waals surface area contributed by atoms with Gasteiger partial charge in [0.2, 0.25) is 0 Å². The summed E-state index contributed by atoms with van der Waals surface area (Å²) in [5, 5.41) is 8.89. The number of benzene rings is 2. The molecule has 1 unspecified atom stereocenters. The van der Waals surface area contributed by atoms with Crippen molar-refractivity contribution in [1.82, 2.24) is 4.90 Å². The number of likely N-dealkylation sites (N-methyl/N-ethyl adjacent to an activating group) is 1. The van der Waals surface area contributed by atoms with Crippen LogP contribution in [-0.2, 0) is 4.79 Å². The number of rotatable bonds is 6. The molecule has 0 fully saturated rings. The van der Waals surface area contributed by atoms with Crippen molar-refractivity contribution < 1.29 is 18.7 Å². The Morgan fingerprint density at radius 1 is 1.28 bits per heavy atom. The van der Waals surface area contributed by atoms with Crippen molar-refractivity contribution in [1.29, 1.82) is 5.26 Å². The number of hydrogen-bond acceptors (Lipinski definition) is 4. The van der Waals surface area contributed by atoms with E-state index in [0.29, 0.717) is 22.6 Å². The Kier molecular flexibility index (Phi) is 5.96. The van der Waals surface area contributed by atoms with Crippen LogP contribution in [0.2, 0.25) is 0 Å². The molecular weight excluding hydrogens is 323 g/mol. The molecule has 0 N–H and O–H groups in total. The highest BCUT2D eigenvalue weighted by atomic mass is 19.1. The fraction of sp³-hybridized carbons (Fsp3) is 0.263. The van der Waals surface area contributed by atoms with E-state index in [0.717, 1.165) is 0 Å². The number of methoxy groups -OCH3 is 1. The Hall–Kier alpha value is -3.07. The first-order valence-electron chi connectivity index (χ1n) is 7.69. The first-order valence-corrected chi connectivity index (χ1v) is 7.69. The summed E-state index contributed by atoms with van der Waals surface area (Å²) >= 11 is 0. The lowest BCUT2D eigenvalue weighted by molar-refractivity contribution is -0.134. The Morgan fingerprint density at radius 3 is 2.64 bits per heavy atom. The molecule has 0 bridgehead atoms. The minimum absolute atomic E-state index is 0.225. The van der Waals surface area contributed by atoms with Gasteiger partial charge in [0.25, 0.3) is 5.91 Å². The summed E-state index contributed by atoms with van der Waals surface area (Å²) in [7, 11) is 3.05. The molecule has 0 aliphatic rings. The highest BCUT2D eigenvalue weighted by molar-refractivity contribution is 5.78. The van der Waals surface area contributed by atoms with Gasteiger partial charge in [-0.1, -0.05) is 18.2 Å². The topological polar surface area (TPSA) is 62.6 Å². The van der Waals surface area contributed by atoms with Gasteiger partial charge in [-0.3, -0.25) is 4.79 Å². The number of ether oxygens (including phenoxy) is 2. The largest absolute Gasteiger partial charge is 0.493 e. The van der Waals surface area contributed by atoms with Gasteiger partial charge in [-0.15, -0.1) is 0 Å². The van der Waals surface area contributed by atoms with Gasteiger partial charge in [-0.05, 0) is 25.1 Å². The number of halogens is 1. The van der Waals surface area contributed by atoms with E-state index >= 15 is 0 Å². The van der Waals surface area contributed by atoms with Crippen LogP contribution in [-0.4, -0.2) is 31.6 Å². The van der Waals surface area contributed by atoms with Crippen LogP contribution in [0.3, 0.4) is 0 Å². The Morgan fingerprint density at radius 2 is 2.00 bits per heavy atom. The second kappa shape index (κ2) is 8.15. The molecule has 6 heteroatoms. The third kappa shape index (κ3) is 4.27. The van der Waals surface area contributed by atoms with Crippen molar-refractivity contribution in [2.45, 2.75) is 13.0 Å². The summed E-state index contributed by atoms with van der Waals surface area (Å²) in [5.41, 5.74) is 0.870. The second-order valence-corrected chi connectivity index (χ2v) is 5.47. The Balaban J connectivity index is 2.05. The van der Waals surface area contributed by atoms with E-state index < -0.39 is 6.04 Å². The molecule has 0 radical (unpaired) electrons. The molecule has 1 amide bonds. The number of hydrogen-bond donors (Lipinski definition) is 0. The fourth-order valence-electron chi connectivity index (χ4n) is 2.34. The summed E-state index contributed by atoms with van der Waals surface area (Å²) in [6, 6.07) is 12.6. The minimum atomic E-state index is -0.430. The van der Waals surface area contributed by atoms with Crippen molar-refractivity contribution in [3.8, 4) is 17.6 Å². The maximum Gasteiger partial charge on any atom is 0.260 e.